The Bertz CT molecular complexity index is 1480. The molecular weight excluding hydrogens is 512 g/mol. The van der Waals surface area contributed by atoms with Crippen LogP contribution in [0.3, 0.4) is 0 Å². The van der Waals surface area contributed by atoms with E-state index < -0.39 is 10.0 Å². The summed E-state index contributed by atoms with van der Waals surface area (Å²) in [4.78, 5) is 19.0. The number of oxazole rings is 1. The maximum atomic E-state index is 12.9. The third-order valence-electron chi connectivity index (χ3n) is 5.61. The maximum absolute atomic E-state index is 12.9. The largest absolute Gasteiger partial charge is 0.495 e. The molecule has 2 N–H and O–H groups in total. The molecule has 1 amide bonds. The second-order valence-electron chi connectivity index (χ2n) is 7.97. The van der Waals surface area contributed by atoms with E-state index in [4.69, 9.17) is 9.15 Å². The predicted molar refractivity (Wildman–Crippen MR) is 147 cm³/mol. The van der Waals surface area contributed by atoms with Crippen molar-refractivity contribution in [3.05, 3.63) is 66.7 Å². The molecule has 0 aliphatic carbocycles. The number of nitrogens with zero attached hydrogens (tertiary/aromatic N) is 2. The normalized spacial score (nSPS) is 11.3. The smallest absolute Gasteiger partial charge is 0.262 e. The van der Waals surface area contributed by atoms with Gasteiger partial charge in [-0.1, -0.05) is 23.9 Å². The van der Waals surface area contributed by atoms with Gasteiger partial charge in [0.25, 0.3) is 15.2 Å². The lowest BCUT2D eigenvalue weighted by Gasteiger charge is -2.21. The Kier molecular flexibility index (Phi) is 8.24. The van der Waals surface area contributed by atoms with Crippen LogP contribution in [0.5, 0.6) is 5.75 Å². The van der Waals surface area contributed by atoms with Gasteiger partial charge >= 0.3 is 0 Å². The monoisotopic (exact) mass is 540 g/mol. The fourth-order valence-corrected chi connectivity index (χ4v) is 5.44. The van der Waals surface area contributed by atoms with E-state index in [9.17, 15) is 13.2 Å². The van der Waals surface area contributed by atoms with Crippen molar-refractivity contribution in [1.82, 2.24) is 4.98 Å². The molecule has 0 fully saturated rings. The summed E-state index contributed by atoms with van der Waals surface area (Å²) in [6.45, 7) is 6.02. The van der Waals surface area contributed by atoms with Crippen molar-refractivity contribution in [1.29, 1.82) is 0 Å². The van der Waals surface area contributed by atoms with Crippen LogP contribution in [0.4, 0.5) is 17.1 Å². The Labute approximate surface area is 220 Å². The third kappa shape index (κ3) is 6.36. The van der Waals surface area contributed by atoms with Crippen LogP contribution < -0.4 is 19.7 Å². The zero-order valence-electron chi connectivity index (χ0n) is 20.7. The molecule has 0 saturated carbocycles. The Hall–Kier alpha value is -3.70. The first-order valence-corrected chi connectivity index (χ1v) is 14.1. The van der Waals surface area contributed by atoms with Crippen molar-refractivity contribution < 1.29 is 22.4 Å². The second-order valence-corrected chi connectivity index (χ2v) is 10.6. The summed E-state index contributed by atoms with van der Waals surface area (Å²) >= 11 is 1.13. The summed E-state index contributed by atoms with van der Waals surface area (Å²) < 4.78 is 39.3. The molecule has 3 aromatic carbocycles. The van der Waals surface area contributed by atoms with Crippen molar-refractivity contribution in [2.45, 2.75) is 24.0 Å². The highest BCUT2D eigenvalue weighted by Crippen LogP contribution is 2.29. The average molecular weight is 541 g/mol. The highest BCUT2D eigenvalue weighted by atomic mass is 32.2. The average Bonchev–Trinajstić information content (AvgIpc) is 3.32. The maximum Gasteiger partial charge on any atom is 0.262 e. The Morgan fingerprint density at radius 2 is 1.78 bits per heavy atom. The number of anilines is 3. The molecule has 0 bridgehead atoms. The Morgan fingerprint density at radius 3 is 2.49 bits per heavy atom. The quantitative estimate of drug-likeness (QED) is 0.249. The minimum Gasteiger partial charge on any atom is -0.495 e. The molecular formula is C26H28N4O5S2. The van der Waals surface area contributed by atoms with Gasteiger partial charge in [0.2, 0.25) is 5.91 Å². The highest BCUT2D eigenvalue weighted by molar-refractivity contribution is 7.99. The van der Waals surface area contributed by atoms with Gasteiger partial charge in [0.05, 0.1) is 23.4 Å². The number of rotatable bonds is 11. The Balaban J connectivity index is 1.40. The van der Waals surface area contributed by atoms with Crippen molar-refractivity contribution in [3.63, 3.8) is 0 Å². The molecule has 4 rings (SSSR count). The molecule has 9 nitrogen and oxygen atoms in total. The number of nitrogens with one attached hydrogen (secondary N) is 2. The van der Waals surface area contributed by atoms with E-state index >= 15 is 0 Å². The van der Waals surface area contributed by atoms with Crippen molar-refractivity contribution in [2.75, 3.05) is 40.9 Å². The number of carbonyl (C=O) groups is 1. The first-order chi connectivity index (χ1) is 17.8. The fourth-order valence-electron chi connectivity index (χ4n) is 3.72. The van der Waals surface area contributed by atoms with Crippen LogP contribution in [0, 0.1) is 0 Å². The Morgan fingerprint density at radius 1 is 1.05 bits per heavy atom. The van der Waals surface area contributed by atoms with Crippen LogP contribution >= 0.6 is 11.8 Å². The molecule has 0 unspecified atom stereocenters. The number of hydrogen-bond acceptors (Lipinski definition) is 8. The summed E-state index contributed by atoms with van der Waals surface area (Å²) in [6.07, 6.45) is 0. The van der Waals surface area contributed by atoms with E-state index in [0.717, 1.165) is 30.5 Å². The highest BCUT2D eigenvalue weighted by Gasteiger charge is 2.19. The van der Waals surface area contributed by atoms with E-state index in [1.54, 1.807) is 30.3 Å². The summed E-state index contributed by atoms with van der Waals surface area (Å²) in [5.74, 6) is 0.294. The van der Waals surface area contributed by atoms with Crippen LogP contribution in [0.15, 0.2) is 81.3 Å². The van der Waals surface area contributed by atoms with Crippen LogP contribution in [0.25, 0.3) is 11.1 Å². The van der Waals surface area contributed by atoms with Crippen molar-refractivity contribution in [3.8, 4) is 5.75 Å². The topological polar surface area (TPSA) is 114 Å². The summed E-state index contributed by atoms with van der Waals surface area (Å²) in [7, 11) is -2.42. The van der Waals surface area contributed by atoms with E-state index in [1.165, 1.54) is 19.2 Å². The number of ether oxygens (including phenoxy) is 1. The number of amides is 1. The molecule has 11 heteroatoms. The molecule has 0 saturated heterocycles. The molecule has 0 aliphatic heterocycles. The lowest BCUT2D eigenvalue weighted by atomic mass is 10.2. The molecule has 194 valence electrons. The molecule has 0 atom stereocenters. The van der Waals surface area contributed by atoms with Gasteiger partial charge in [-0.2, -0.15) is 0 Å². The minimum atomic E-state index is -3.89. The van der Waals surface area contributed by atoms with Crippen molar-refractivity contribution in [2.24, 2.45) is 0 Å². The number of sulfonamides is 1. The number of carbonyl (C=O) groups excluding carboxylic acids is 1. The van der Waals surface area contributed by atoms with Crippen LogP contribution in [-0.2, 0) is 14.8 Å². The van der Waals surface area contributed by atoms with Crippen LogP contribution in [-0.4, -0.2) is 45.3 Å². The summed E-state index contributed by atoms with van der Waals surface area (Å²) in [6, 6.07) is 18.9. The van der Waals surface area contributed by atoms with Gasteiger partial charge in [-0.25, -0.2) is 13.4 Å². The molecule has 0 spiro atoms. The molecule has 1 aromatic heterocycles. The number of methoxy groups -OCH3 is 1. The van der Waals surface area contributed by atoms with E-state index in [-0.39, 0.29) is 21.8 Å². The fraction of sp³-hybridized carbons (Fsp3) is 0.231. The van der Waals surface area contributed by atoms with E-state index in [1.807, 2.05) is 24.3 Å². The lowest BCUT2D eigenvalue weighted by Crippen LogP contribution is -2.21. The number of aromatic nitrogens is 1. The predicted octanol–water partition coefficient (Wildman–Crippen LogP) is 5.21. The molecule has 37 heavy (non-hydrogen) atoms. The van der Waals surface area contributed by atoms with Gasteiger partial charge in [-0.15, -0.1) is 0 Å². The van der Waals surface area contributed by atoms with Crippen LogP contribution in [0.2, 0.25) is 0 Å². The summed E-state index contributed by atoms with van der Waals surface area (Å²) in [5, 5.41) is 3.14. The minimum absolute atomic E-state index is 0.0293. The van der Waals surface area contributed by atoms with E-state index in [2.05, 4.69) is 33.8 Å². The first-order valence-electron chi connectivity index (χ1n) is 11.7. The number of thioether (sulfide) groups is 1. The van der Waals surface area contributed by atoms with Gasteiger partial charge in [-0.05, 0) is 68.4 Å². The molecule has 0 aliphatic rings. The SMILES string of the molecule is CCN(CC)c1ccc(NC(=O)CSc2nc3cc(S(=O)(=O)Nc4ccccc4OC)ccc3o2)cc1. The van der Waals surface area contributed by atoms with Gasteiger partial charge in [0.1, 0.15) is 11.3 Å². The number of para-hydroxylation sites is 2. The molecule has 4 aromatic rings. The first kappa shape index (κ1) is 26.4. The summed E-state index contributed by atoms with van der Waals surface area (Å²) in [5.41, 5.74) is 2.93. The zero-order chi connectivity index (χ0) is 26.4. The van der Waals surface area contributed by atoms with Gasteiger partial charge < -0.3 is 19.4 Å². The number of fused-ring (bicyclic) bond motifs is 1. The number of benzene rings is 3. The van der Waals surface area contributed by atoms with Crippen LogP contribution in [0.1, 0.15) is 13.8 Å². The van der Waals surface area contributed by atoms with Gasteiger partial charge in [0.15, 0.2) is 5.58 Å². The van der Waals surface area contributed by atoms with Crippen molar-refractivity contribution >= 4 is 55.9 Å². The lowest BCUT2D eigenvalue weighted by molar-refractivity contribution is -0.113. The standard InChI is InChI=1S/C26H28N4O5S2/c1-4-30(5-2)19-12-10-18(11-13-19)27-25(31)17-36-26-28-22-16-20(14-15-24(22)35-26)37(32,33)29-21-8-6-7-9-23(21)34-3/h6-16,29H,4-5,17H2,1-3H3,(H,27,31). The van der Waals surface area contributed by atoms with Gasteiger partial charge in [-0.3, -0.25) is 9.52 Å². The third-order valence-corrected chi connectivity index (χ3v) is 7.80. The zero-order valence-corrected chi connectivity index (χ0v) is 22.4. The van der Waals surface area contributed by atoms with Gasteiger partial charge in [0, 0.05) is 24.5 Å². The van der Waals surface area contributed by atoms with E-state index in [0.29, 0.717) is 28.2 Å². The molecule has 0 radical (unpaired) electrons. The second kappa shape index (κ2) is 11.6. The molecule has 1 heterocycles. The number of hydrogen-bond donors (Lipinski definition) is 2.